The van der Waals surface area contributed by atoms with Gasteiger partial charge >= 0.3 is 0 Å². The Kier molecular flexibility index (Phi) is 4.51. The second-order valence-electron chi connectivity index (χ2n) is 3.90. The van der Waals surface area contributed by atoms with E-state index in [2.05, 4.69) is 36.4 Å². The van der Waals surface area contributed by atoms with E-state index < -0.39 is 0 Å². The molecule has 2 aromatic rings. The van der Waals surface area contributed by atoms with Gasteiger partial charge in [-0.2, -0.15) is 5.10 Å². The summed E-state index contributed by atoms with van der Waals surface area (Å²) >= 11 is 3.33. The highest BCUT2D eigenvalue weighted by Gasteiger charge is 2.12. The van der Waals surface area contributed by atoms with Crippen LogP contribution in [0.15, 0.2) is 35.1 Å². The number of nitrogens with zero attached hydrogens (tertiary/aromatic N) is 2. The van der Waals surface area contributed by atoms with E-state index in [-0.39, 0.29) is 18.6 Å². The van der Waals surface area contributed by atoms with Gasteiger partial charge in [0.1, 0.15) is 17.9 Å². The quantitative estimate of drug-likeness (QED) is 0.879. The van der Waals surface area contributed by atoms with Crippen LogP contribution in [0.2, 0.25) is 0 Å². The standard InChI is InChI=1S/C12H13BrN4O2/c1-8(12-14-7-15-17-12)16-11(18)6-19-10-4-2-9(13)3-5-10/h2-5,7-8H,6H2,1H3,(H,16,18)(H,14,15,17). The molecule has 0 spiro atoms. The summed E-state index contributed by atoms with van der Waals surface area (Å²) in [5.74, 6) is 1.04. The molecular weight excluding hydrogens is 312 g/mol. The molecule has 0 fully saturated rings. The van der Waals surface area contributed by atoms with Crippen LogP contribution in [0.5, 0.6) is 5.75 Å². The Morgan fingerprint density at radius 3 is 2.84 bits per heavy atom. The number of aromatic amines is 1. The lowest BCUT2D eigenvalue weighted by Crippen LogP contribution is -2.31. The third kappa shape index (κ3) is 4.06. The second kappa shape index (κ2) is 6.33. The van der Waals surface area contributed by atoms with Crippen molar-refractivity contribution in [3.8, 4) is 5.75 Å². The van der Waals surface area contributed by atoms with Crippen molar-refractivity contribution in [1.29, 1.82) is 0 Å². The van der Waals surface area contributed by atoms with E-state index in [1.54, 1.807) is 12.1 Å². The molecule has 100 valence electrons. The van der Waals surface area contributed by atoms with Gasteiger partial charge < -0.3 is 10.1 Å². The zero-order valence-corrected chi connectivity index (χ0v) is 11.8. The normalized spacial score (nSPS) is 11.9. The Morgan fingerprint density at radius 2 is 2.21 bits per heavy atom. The smallest absolute Gasteiger partial charge is 0.258 e. The largest absolute Gasteiger partial charge is 0.484 e. The maximum absolute atomic E-state index is 11.7. The third-order valence-corrected chi connectivity index (χ3v) is 2.93. The van der Waals surface area contributed by atoms with Crippen molar-refractivity contribution in [2.24, 2.45) is 0 Å². The van der Waals surface area contributed by atoms with Gasteiger partial charge in [-0.1, -0.05) is 15.9 Å². The maximum atomic E-state index is 11.7. The van der Waals surface area contributed by atoms with Crippen molar-refractivity contribution in [2.45, 2.75) is 13.0 Å². The number of amides is 1. The summed E-state index contributed by atoms with van der Waals surface area (Å²) in [4.78, 5) is 15.7. The van der Waals surface area contributed by atoms with Crippen molar-refractivity contribution >= 4 is 21.8 Å². The Balaban J connectivity index is 1.80. The number of H-pyrrole nitrogens is 1. The van der Waals surface area contributed by atoms with Gasteiger partial charge in [-0.25, -0.2) is 4.98 Å². The molecule has 0 aliphatic rings. The zero-order valence-electron chi connectivity index (χ0n) is 10.3. The molecule has 0 saturated heterocycles. The van der Waals surface area contributed by atoms with Crippen LogP contribution < -0.4 is 10.1 Å². The van der Waals surface area contributed by atoms with E-state index in [4.69, 9.17) is 4.74 Å². The predicted octanol–water partition coefficient (Wildman–Crippen LogP) is 1.82. The van der Waals surface area contributed by atoms with Gasteiger partial charge in [-0.3, -0.25) is 9.89 Å². The number of hydrogen-bond donors (Lipinski definition) is 2. The van der Waals surface area contributed by atoms with Gasteiger partial charge in [0.15, 0.2) is 6.61 Å². The molecule has 0 bridgehead atoms. The van der Waals surface area contributed by atoms with Crippen molar-refractivity contribution < 1.29 is 9.53 Å². The second-order valence-corrected chi connectivity index (χ2v) is 4.82. The molecule has 7 heteroatoms. The van der Waals surface area contributed by atoms with Crippen LogP contribution in [0.25, 0.3) is 0 Å². The fraction of sp³-hybridized carbons (Fsp3) is 0.250. The zero-order chi connectivity index (χ0) is 13.7. The summed E-state index contributed by atoms with van der Waals surface area (Å²) in [6.07, 6.45) is 1.40. The van der Waals surface area contributed by atoms with Crippen LogP contribution in [0, 0.1) is 0 Å². The molecule has 2 N–H and O–H groups in total. The molecule has 2 rings (SSSR count). The molecule has 1 amide bonds. The lowest BCUT2D eigenvalue weighted by molar-refractivity contribution is -0.123. The first-order chi connectivity index (χ1) is 9.15. The van der Waals surface area contributed by atoms with Crippen LogP contribution >= 0.6 is 15.9 Å². The summed E-state index contributed by atoms with van der Waals surface area (Å²) < 4.78 is 6.32. The van der Waals surface area contributed by atoms with Crippen molar-refractivity contribution in [3.63, 3.8) is 0 Å². The number of benzene rings is 1. The minimum absolute atomic E-state index is 0.0416. The van der Waals surface area contributed by atoms with Crippen LogP contribution in [0.4, 0.5) is 0 Å². The lowest BCUT2D eigenvalue weighted by Gasteiger charge is -2.11. The van der Waals surface area contributed by atoms with Gasteiger partial charge in [0.2, 0.25) is 0 Å². The van der Waals surface area contributed by atoms with E-state index in [9.17, 15) is 4.79 Å². The van der Waals surface area contributed by atoms with Gasteiger partial charge in [-0.05, 0) is 31.2 Å². The summed E-state index contributed by atoms with van der Waals surface area (Å²) in [6, 6.07) is 7.05. The van der Waals surface area contributed by atoms with E-state index in [1.165, 1.54) is 6.33 Å². The lowest BCUT2D eigenvalue weighted by atomic mass is 10.3. The Hall–Kier alpha value is -1.89. The van der Waals surface area contributed by atoms with Crippen molar-refractivity contribution in [1.82, 2.24) is 20.5 Å². The molecular formula is C12H13BrN4O2. The molecule has 6 nitrogen and oxygen atoms in total. The summed E-state index contributed by atoms with van der Waals surface area (Å²) in [7, 11) is 0. The molecule has 1 heterocycles. The fourth-order valence-electron chi connectivity index (χ4n) is 1.45. The topological polar surface area (TPSA) is 79.9 Å². The maximum Gasteiger partial charge on any atom is 0.258 e. The highest BCUT2D eigenvalue weighted by molar-refractivity contribution is 9.10. The summed E-state index contributed by atoms with van der Waals surface area (Å²) in [5.41, 5.74) is 0. The average molecular weight is 325 g/mol. The van der Waals surface area contributed by atoms with Gasteiger partial charge in [-0.15, -0.1) is 0 Å². The number of halogens is 1. The van der Waals surface area contributed by atoms with Crippen LogP contribution in [0.1, 0.15) is 18.8 Å². The number of ether oxygens (including phenoxy) is 1. The summed E-state index contributed by atoms with van der Waals surface area (Å²) in [6.45, 7) is 1.78. The number of aromatic nitrogens is 3. The van der Waals surface area contributed by atoms with E-state index in [0.717, 1.165) is 4.47 Å². The molecule has 19 heavy (non-hydrogen) atoms. The monoisotopic (exact) mass is 324 g/mol. The minimum Gasteiger partial charge on any atom is -0.484 e. The van der Waals surface area contributed by atoms with Gasteiger partial charge in [0.05, 0.1) is 6.04 Å². The van der Waals surface area contributed by atoms with E-state index in [0.29, 0.717) is 11.6 Å². The van der Waals surface area contributed by atoms with Gasteiger partial charge in [0.25, 0.3) is 5.91 Å². The van der Waals surface area contributed by atoms with Crippen molar-refractivity contribution in [2.75, 3.05) is 6.61 Å². The summed E-state index contributed by atoms with van der Waals surface area (Å²) in [5, 5.41) is 9.19. The molecule has 1 aromatic heterocycles. The number of hydrogen-bond acceptors (Lipinski definition) is 4. The molecule has 0 aliphatic carbocycles. The first-order valence-electron chi connectivity index (χ1n) is 5.68. The Labute approximate surface area is 118 Å². The number of carbonyl (C=O) groups excluding carboxylic acids is 1. The first-order valence-corrected chi connectivity index (χ1v) is 6.47. The van der Waals surface area contributed by atoms with Gasteiger partial charge in [0, 0.05) is 4.47 Å². The highest BCUT2D eigenvalue weighted by atomic mass is 79.9. The van der Waals surface area contributed by atoms with E-state index in [1.807, 2.05) is 19.1 Å². The number of nitrogens with one attached hydrogen (secondary N) is 2. The third-order valence-electron chi connectivity index (χ3n) is 2.40. The molecule has 0 radical (unpaired) electrons. The van der Waals surface area contributed by atoms with Crippen LogP contribution in [-0.4, -0.2) is 27.7 Å². The Bertz CT molecular complexity index is 527. The molecule has 0 aliphatic heterocycles. The molecule has 1 unspecified atom stereocenters. The van der Waals surface area contributed by atoms with Crippen molar-refractivity contribution in [3.05, 3.63) is 40.9 Å². The highest BCUT2D eigenvalue weighted by Crippen LogP contribution is 2.15. The molecule has 1 aromatic carbocycles. The average Bonchev–Trinajstić information content (AvgIpc) is 2.92. The SMILES string of the molecule is CC(NC(=O)COc1ccc(Br)cc1)c1ncn[nH]1. The molecule has 0 saturated carbocycles. The molecule has 1 atom stereocenters. The minimum atomic E-state index is -0.233. The van der Waals surface area contributed by atoms with E-state index >= 15 is 0 Å². The van der Waals surface area contributed by atoms with Crippen LogP contribution in [-0.2, 0) is 4.79 Å². The predicted molar refractivity (Wildman–Crippen MR) is 72.6 cm³/mol. The van der Waals surface area contributed by atoms with Crippen LogP contribution in [0.3, 0.4) is 0 Å². The number of carbonyl (C=O) groups is 1. The number of rotatable bonds is 5. The Morgan fingerprint density at radius 1 is 1.47 bits per heavy atom. The first kappa shape index (κ1) is 13.5. The fourth-order valence-corrected chi connectivity index (χ4v) is 1.72.